The summed E-state index contributed by atoms with van der Waals surface area (Å²) in [6, 6.07) is 0. The zero-order valence-electron chi connectivity index (χ0n) is 11.5. The van der Waals surface area contributed by atoms with Gasteiger partial charge in [-0.25, -0.2) is 0 Å². The maximum Gasteiger partial charge on any atom is 0.324 e. The van der Waals surface area contributed by atoms with Crippen LogP contribution in [0.25, 0.3) is 0 Å². The number of carbonyl (C=O) groups excluding carboxylic acids is 2. The third-order valence-corrected chi connectivity index (χ3v) is 4.99. The fraction of sp³-hybridized carbons (Fsp3) is 0.714. The van der Waals surface area contributed by atoms with Crippen LogP contribution in [0.4, 0.5) is 0 Å². The maximum atomic E-state index is 12.3. The van der Waals surface area contributed by atoms with Crippen LogP contribution < -0.4 is 0 Å². The summed E-state index contributed by atoms with van der Waals surface area (Å²) < 4.78 is 11.3. The summed E-state index contributed by atoms with van der Waals surface area (Å²) in [4.78, 5) is 24.6. The lowest BCUT2D eigenvalue weighted by atomic mass is 9.76. The van der Waals surface area contributed by atoms with Gasteiger partial charge in [-0.05, 0) is 33.6 Å². The van der Waals surface area contributed by atoms with Crippen molar-refractivity contribution in [2.75, 3.05) is 11.0 Å². The molecule has 0 radical (unpaired) electrons. The Labute approximate surface area is 127 Å². The summed E-state index contributed by atoms with van der Waals surface area (Å²) in [6.45, 7) is 6.11. The lowest BCUT2D eigenvalue weighted by Crippen LogP contribution is -2.40. The van der Waals surface area contributed by atoms with Gasteiger partial charge in [0.05, 0.1) is 6.61 Å². The van der Waals surface area contributed by atoms with Crippen molar-refractivity contribution < 1.29 is 19.1 Å². The number of alkyl halides is 1. The number of rotatable bonds is 3. The SMILES string of the molecule is CCOC(=O)[C@@]12CCC(=C(C)C)[C@@H]1[C@H](CI)OC2=O. The number of fused-ring (bicyclic) bond motifs is 1. The van der Waals surface area contributed by atoms with Gasteiger partial charge in [-0.2, -0.15) is 0 Å². The van der Waals surface area contributed by atoms with Crippen LogP contribution in [-0.4, -0.2) is 29.1 Å². The van der Waals surface area contributed by atoms with E-state index in [4.69, 9.17) is 9.47 Å². The number of halogens is 1. The highest BCUT2D eigenvalue weighted by Gasteiger charge is 2.66. The normalized spacial score (nSPS) is 33.1. The molecule has 0 aromatic heterocycles. The number of hydrogen-bond donors (Lipinski definition) is 0. The Bertz CT molecular complexity index is 439. The molecule has 19 heavy (non-hydrogen) atoms. The first-order valence-corrected chi connectivity index (χ1v) is 8.12. The second-order valence-corrected chi connectivity index (χ2v) is 6.17. The van der Waals surface area contributed by atoms with Crippen molar-refractivity contribution >= 4 is 34.5 Å². The van der Waals surface area contributed by atoms with Gasteiger partial charge in [0.25, 0.3) is 0 Å². The minimum absolute atomic E-state index is 0.138. The Morgan fingerprint density at radius 2 is 2.21 bits per heavy atom. The Balaban J connectivity index is 2.48. The van der Waals surface area contributed by atoms with E-state index in [0.29, 0.717) is 17.5 Å². The summed E-state index contributed by atoms with van der Waals surface area (Å²) in [7, 11) is 0. The van der Waals surface area contributed by atoms with E-state index in [9.17, 15) is 9.59 Å². The molecule has 0 bridgehead atoms. The van der Waals surface area contributed by atoms with Crippen LogP contribution in [0.2, 0.25) is 0 Å². The van der Waals surface area contributed by atoms with Crippen molar-refractivity contribution in [3.05, 3.63) is 11.1 Å². The smallest absolute Gasteiger partial charge is 0.324 e. The summed E-state index contributed by atoms with van der Waals surface area (Å²) >= 11 is 2.21. The van der Waals surface area contributed by atoms with E-state index < -0.39 is 17.4 Å². The predicted molar refractivity (Wildman–Crippen MR) is 78.9 cm³/mol. The van der Waals surface area contributed by atoms with E-state index >= 15 is 0 Å². The summed E-state index contributed by atoms with van der Waals surface area (Å²) in [5.41, 5.74) is 1.29. The molecule has 106 valence electrons. The number of allylic oxidation sites excluding steroid dienone is 1. The molecule has 3 atom stereocenters. The van der Waals surface area contributed by atoms with Gasteiger partial charge in [-0.15, -0.1) is 0 Å². The van der Waals surface area contributed by atoms with Gasteiger partial charge < -0.3 is 9.47 Å². The minimum Gasteiger partial charge on any atom is -0.465 e. The third-order valence-electron chi connectivity index (χ3n) is 4.12. The highest BCUT2D eigenvalue weighted by molar-refractivity contribution is 14.1. The maximum absolute atomic E-state index is 12.3. The van der Waals surface area contributed by atoms with Crippen LogP contribution in [0.5, 0.6) is 0 Å². The van der Waals surface area contributed by atoms with Crippen LogP contribution in [0.15, 0.2) is 11.1 Å². The van der Waals surface area contributed by atoms with E-state index in [-0.39, 0.29) is 12.0 Å². The van der Waals surface area contributed by atoms with Crippen LogP contribution >= 0.6 is 22.6 Å². The average molecular weight is 378 g/mol. The van der Waals surface area contributed by atoms with E-state index in [0.717, 1.165) is 6.42 Å². The molecule has 2 aliphatic rings. The Kier molecular flexibility index (Phi) is 4.23. The molecule has 2 rings (SSSR count). The van der Waals surface area contributed by atoms with Crippen LogP contribution in [-0.2, 0) is 19.1 Å². The van der Waals surface area contributed by atoms with Gasteiger partial charge >= 0.3 is 11.9 Å². The van der Waals surface area contributed by atoms with Gasteiger partial charge in [0, 0.05) is 10.3 Å². The molecule has 0 aromatic rings. The Morgan fingerprint density at radius 3 is 2.74 bits per heavy atom. The third kappa shape index (κ3) is 2.10. The molecule has 1 saturated heterocycles. The summed E-state index contributed by atoms with van der Waals surface area (Å²) in [5, 5.41) is 0. The largest absolute Gasteiger partial charge is 0.465 e. The highest BCUT2D eigenvalue weighted by Crippen LogP contribution is 2.56. The molecule has 4 nitrogen and oxygen atoms in total. The average Bonchev–Trinajstić information content (AvgIpc) is 2.87. The van der Waals surface area contributed by atoms with E-state index in [1.165, 1.54) is 11.1 Å². The van der Waals surface area contributed by atoms with Crippen molar-refractivity contribution in [2.45, 2.75) is 39.7 Å². The molecule has 1 aliphatic heterocycles. The first-order chi connectivity index (χ1) is 8.98. The predicted octanol–water partition coefficient (Wildman–Crippen LogP) is 2.64. The van der Waals surface area contributed by atoms with E-state index in [2.05, 4.69) is 22.6 Å². The molecule has 0 spiro atoms. The van der Waals surface area contributed by atoms with Crippen molar-refractivity contribution in [3.63, 3.8) is 0 Å². The van der Waals surface area contributed by atoms with Crippen LogP contribution in [0.3, 0.4) is 0 Å². The Hall–Kier alpha value is -0.590. The molecule has 0 N–H and O–H groups in total. The van der Waals surface area contributed by atoms with Gasteiger partial charge in [-0.3, -0.25) is 9.59 Å². The first kappa shape index (κ1) is 14.8. The molecule has 0 amide bonds. The second kappa shape index (κ2) is 5.42. The van der Waals surface area contributed by atoms with Crippen LogP contribution in [0, 0.1) is 11.3 Å². The molecular weight excluding hydrogens is 359 g/mol. The zero-order chi connectivity index (χ0) is 14.2. The van der Waals surface area contributed by atoms with Crippen molar-refractivity contribution in [1.29, 1.82) is 0 Å². The Morgan fingerprint density at radius 1 is 1.53 bits per heavy atom. The molecule has 0 unspecified atom stereocenters. The molecule has 1 aliphatic carbocycles. The van der Waals surface area contributed by atoms with Gasteiger partial charge in [0.2, 0.25) is 0 Å². The van der Waals surface area contributed by atoms with Crippen molar-refractivity contribution in [2.24, 2.45) is 11.3 Å². The molecule has 1 saturated carbocycles. The topological polar surface area (TPSA) is 52.6 Å². The van der Waals surface area contributed by atoms with Gasteiger partial charge in [0.1, 0.15) is 6.10 Å². The minimum atomic E-state index is -1.08. The summed E-state index contributed by atoms with van der Waals surface area (Å²) in [6.07, 6.45) is 1.10. The number of hydrogen-bond acceptors (Lipinski definition) is 4. The van der Waals surface area contributed by atoms with Gasteiger partial charge in [0.15, 0.2) is 5.41 Å². The lowest BCUT2D eigenvalue weighted by Gasteiger charge is -2.24. The van der Waals surface area contributed by atoms with Crippen molar-refractivity contribution in [1.82, 2.24) is 0 Å². The van der Waals surface area contributed by atoms with Gasteiger partial charge in [-0.1, -0.05) is 33.7 Å². The monoisotopic (exact) mass is 378 g/mol. The number of cyclic esters (lactones) is 1. The molecule has 5 heteroatoms. The first-order valence-electron chi connectivity index (χ1n) is 6.59. The number of carbonyl (C=O) groups is 2. The number of ether oxygens (including phenoxy) is 2. The molecule has 0 aromatic carbocycles. The lowest BCUT2D eigenvalue weighted by molar-refractivity contribution is -0.165. The van der Waals surface area contributed by atoms with E-state index in [1.54, 1.807) is 6.92 Å². The zero-order valence-corrected chi connectivity index (χ0v) is 13.7. The number of esters is 2. The quantitative estimate of drug-likeness (QED) is 0.249. The standard InChI is InChI=1S/C14H19IO4/c1-4-18-12(16)14-6-5-9(8(2)3)11(14)10(7-15)19-13(14)17/h10-11H,4-7H2,1-3H3/t10-,11+,14+/m0/s1. The molecule has 2 fully saturated rings. The molecule has 1 heterocycles. The highest BCUT2D eigenvalue weighted by atomic mass is 127. The fourth-order valence-corrected chi connectivity index (χ4v) is 3.96. The van der Waals surface area contributed by atoms with E-state index in [1.807, 2.05) is 13.8 Å². The van der Waals surface area contributed by atoms with Crippen molar-refractivity contribution in [3.8, 4) is 0 Å². The summed E-state index contributed by atoms with van der Waals surface area (Å²) in [5.74, 6) is -0.941. The fourth-order valence-electron chi connectivity index (χ4n) is 3.28. The molecular formula is C14H19IO4. The second-order valence-electron chi connectivity index (χ2n) is 5.29. The van der Waals surface area contributed by atoms with Crippen LogP contribution in [0.1, 0.15) is 33.6 Å².